The molecule has 1 aliphatic heterocycles. The quantitative estimate of drug-likeness (QED) is 0.418. The Bertz CT molecular complexity index is 122. The molecule has 5 nitrogen and oxygen atoms in total. The molecule has 5 heteroatoms. The van der Waals surface area contributed by atoms with Crippen LogP contribution in [0.4, 0.5) is 4.79 Å². The number of likely N-dealkylation sites (tertiary alicyclic amines) is 1. The van der Waals surface area contributed by atoms with Gasteiger partial charge in [-0.05, 0) is 12.8 Å². The molecule has 0 saturated carbocycles. The summed E-state index contributed by atoms with van der Waals surface area (Å²) in [6, 6.07) is 0. The van der Waals surface area contributed by atoms with E-state index in [1.54, 1.807) is 4.90 Å². The van der Waals surface area contributed by atoms with Crippen LogP contribution in [0.1, 0.15) is 12.8 Å². The van der Waals surface area contributed by atoms with Crippen molar-refractivity contribution in [3.8, 4) is 0 Å². The van der Waals surface area contributed by atoms with Gasteiger partial charge in [0, 0.05) is 13.1 Å². The van der Waals surface area contributed by atoms with Crippen molar-refractivity contribution in [1.82, 2.24) is 4.90 Å². The van der Waals surface area contributed by atoms with Crippen LogP contribution >= 0.6 is 0 Å². The molecule has 58 valence electrons. The lowest BCUT2D eigenvalue weighted by molar-refractivity contribution is -0.249. The minimum absolute atomic E-state index is 0.500. The summed E-state index contributed by atoms with van der Waals surface area (Å²) in [5.74, 6) is 4.53. The molecule has 0 aliphatic carbocycles. The van der Waals surface area contributed by atoms with Crippen LogP contribution in [0.2, 0.25) is 0 Å². The fraction of sp³-hybridized carbons (Fsp3) is 0.800. The third-order valence-electron chi connectivity index (χ3n) is 1.48. The van der Waals surface area contributed by atoms with Crippen LogP contribution in [-0.2, 0) is 9.88 Å². The Morgan fingerprint density at radius 1 is 1.40 bits per heavy atom. The Morgan fingerprint density at radius 3 is 2.50 bits per heavy atom. The zero-order valence-corrected chi connectivity index (χ0v) is 5.58. The third kappa shape index (κ3) is 1.58. The summed E-state index contributed by atoms with van der Waals surface area (Å²) < 4.78 is 0. The Morgan fingerprint density at radius 2 is 2.00 bits per heavy atom. The van der Waals surface area contributed by atoms with Gasteiger partial charge in [-0.2, -0.15) is 5.90 Å². The molecule has 10 heavy (non-hydrogen) atoms. The van der Waals surface area contributed by atoms with E-state index >= 15 is 0 Å². The summed E-state index contributed by atoms with van der Waals surface area (Å²) in [5, 5.41) is 0. The lowest BCUT2D eigenvalue weighted by Gasteiger charge is -2.11. The van der Waals surface area contributed by atoms with Crippen LogP contribution in [0.25, 0.3) is 0 Å². The molecular weight excluding hydrogens is 136 g/mol. The maximum atomic E-state index is 10.7. The van der Waals surface area contributed by atoms with E-state index in [0.29, 0.717) is 0 Å². The molecule has 1 saturated heterocycles. The minimum atomic E-state index is -0.500. The number of hydrogen-bond donors (Lipinski definition) is 1. The molecular formula is C5H10N2O3. The van der Waals surface area contributed by atoms with E-state index in [-0.39, 0.29) is 0 Å². The number of amides is 1. The van der Waals surface area contributed by atoms with Crippen molar-refractivity contribution in [3.05, 3.63) is 0 Å². The monoisotopic (exact) mass is 146 g/mol. The Hall–Kier alpha value is -0.810. The van der Waals surface area contributed by atoms with Gasteiger partial charge in [-0.15, -0.1) is 0 Å². The molecule has 0 unspecified atom stereocenters. The molecule has 1 aliphatic rings. The summed E-state index contributed by atoms with van der Waals surface area (Å²) >= 11 is 0. The minimum Gasteiger partial charge on any atom is -0.306 e. The number of carbonyl (C=O) groups is 1. The fourth-order valence-corrected chi connectivity index (χ4v) is 0.994. The van der Waals surface area contributed by atoms with Crippen LogP contribution in [0.5, 0.6) is 0 Å². The van der Waals surface area contributed by atoms with Crippen molar-refractivity contribution >= 4 is 6.09 Å². The first kappa shape index (κ1) is 7.30. The molecule has 1 heterocycles. The molecule has 0 radical (unpaired) electrons. The summed E-state index contributed by atoms with van der Waals surface area (Å²) in [5.41, 5.74) is 0. The summed E-state index contributed by atoms with van der Waals surface area (Å²) in [7, 11) is 0. The lowest BCUT2D eigenvalue weighted by atomic mass is 10.4. The molecule has 1 fully saturated rings. The van der Waals surface area contributed by atoms with Gasteiger partial charge in [0.1, 0.15) is 0 Å². The Labute approximate surface area is 58.6 Å². The number of rotatable bonds is 1. The molecule has 1 rings (SSSR count). The highest BCUT2D eigenvalue weighted by Crippen LogP contribution is 2.07. The summed E-state index contributed by atoms with van der Waals surface area (Å²) in [6.07, 6.45) is 1.55. The molecule has 0 spiro atoms. The van der Waals surface area contributed by atoms with E-state index in [0.717, 1.165) is 25.9 Å². The zero-order chi connectivity index (χ0) is 7.40. The standard InChI is InChI=1S/C5H10N2O3/c6-10-9-5(8)7-3-1-2-4-7/h1-4,6H2. The van der Waals surface area contributed by atoms with Gasteiger partial charge < -0.3 is 4.90 Å². The second kappa shape index (κ2) is 3.38. The van der Waals surface area contributed by atoms with Gasteiger partial charge in [0.2, 0.25) is 0 Å². The molecule has 1 amide bonds. The van der Waals surface area contributed by atoms with Gasteiger partial charge in [-0.1, -0.05) is 4.99 Å². The van der Waals surface area contributed by atoms with Crippen LogP contribution in [0, 0.1) is 0 Å². The SMILES string of the molecule is NOOC(=O)N1CCCC1. The molecule has 0 atom stereocenters. The predicted octanol–water partition coefficient (Wildman–Crippen LogP) is 0.0241. The average molecular weight is 146 g/mol. The highest BCUT2D eigenvalue weighted by atomic mass is 17.3. The van der Waals surface area contributed by atoms with Crippen LogP contribution in [0.15, 0.2) is 0 Å². The van der Waals surface area contributed by atoms with E-state index in [4.69, 9.17) is 0 Å². The fourth-order valence-electron chi connectivity index (χ4n) is 0.994. The molecule has 0 aromatic carbocycles. The van der Waals surface area contributed by atoms with Crippen LogP contribution < -0.4 is 5.90 Å². The van der Waals surface area contributed by atoms with Gasteiger partial charge >= 0.3 is 6.09 Å². The zero-order valence-electron chi connectivity index (χ0n) is 5.58. The van der Waals surface area contributed by atoms with E-state index < -0.39 is 6.09 Å². The van der Waals surface area contributed by atoms with Crippen molar-refractivity contribution < 1.29 is 14.7 Å². The van der Waals surface area contributed by atoms with Gasteiger partial charge in [-0.3, -0.25) is 4.89 Å². The highest BCUT2D eigenvalue weighted by molar-refractivity contribution is 5.67. The topological polar surface area (TPSA) is 64.8 Å². The highest BCUT2D eigenvalue weighted by Gasteiger charge is 2.19. The van der Waals surface area contributed by atoms with Crippen molar-refractivity contribution in [2.24, 2.45) is 5.90 Å². The second-order valence-corrected chi connectivity index (χ2v) is 2.14. The molecule has 0 bridgehead atoms. The smallest absolute Gasteiger partial charge is 0.306 e. The maximum absolute atomic E-state index is 10.7. The van der Waals surface area contributed by atoms with E-state index in [1.807, 2.05) is 0 Å². The molecule has 0 aromatic heterocycles. The van der Waals surface area contributed by atoms with E-state index in [9.17, 15) is 4.79 Å². The van der Waals surface area contributed by atoms with Crippen molar-refractivity contribution in [2.75, 3.05) is 13.1 Å². The predicted molar refractivity (Wildman–Crippen MR) is 32.6 cm³/mol. The van der Waals surface area contributed by atoms with Gasteiger partial charge in [0.15, 0.2) is 0 Å². The Balaban J connectivity index is 2.25. The van der Waals surface area contributed by atoms with Crippen molar-refractivity contribution in [1.29, 1.82) is 0 Å². The van der Waals surface area contributed by atoms with Crippen molar-refractivity contribution in [3.63, 3.8) is 0 Å². The maximum Gasteiger partial charge on any atom is 0.443 e. The third-order valence-corrected chi connectivity index (χ3v) is 1.48. The van der Waals surface area contributed by atoms with Crippen LogP contribution in [0.3, 0.4) is 0 Å². The Kier molecular flexibility index (Phi) is 2.47. The molecule has 2 N–H and O–H groups in total. The second-order valence-electron chi connectivity index (χ2n) is 2.14. The lowest BCUT2D eigenvalue weighted by Crippen LogP contribution is -2.29. The normalized spacial score (nSPS) is 17.5. The van der Waals surface area contributed by atoms with Gasteiger partial charge in [0.25, 0.3) is 0 Å². The largest absolute Gasteiger partial charge is 0.443 e. The average Bonchev–Trinajstić information content (AvgIpc) is 2.38. The van der Waals surface area contributed by atoms with Gasteiger partial charge in [-0.25, -0.2) is 4.79 Å². The first-order valence-electron chi connectivity index (χ1n) is 3.17. The number of nitrogens with two attached hydrogens (primary N) is 1. The summed E-state index contributed by atoms with van der Waals surface area (Å²) in [4.78, 5) is 20.1. The van der Waals surface area contributed by atoms with E-state index in [2.05, 4.69) is 15.8 Å². The number of nitrogens with zero attached hydrogens (tertiary/aromatic N) is 1. The summed E-state index contributed by atoms with van der Waals surface area (Å²) in [6.45, 7) is 1.48. The number of hydrogen-bond acceptors (Lipinski definition) is 4. The van der Waals surface area contributed by atoms with Crippen LogP contribution in [-0.4, -0.2) is 24.1 Å². The first-order valence-corrected chi connectivity index (χ1v) is 3.17. The van der Waals surface area contributed by atoms with Gasteiger partial charge in [0.05, 0.1) is 0 Å². The van der Waals surface area contributed by atoms with E-state index in [1.165, 1.54) is 0 Å². The molecule has 0 aromatic rings. The first-order chi connectivity index (χ1) is 4.84. The van der Waals surface area contributed by atoms with Crippen molar-refractivity contribution in [2.45, 2.75) is 12.8 Å². The number of carbonyl (C=O) groups excluding carboxylic acids is 1.